The van der Waals surface area contributed by atoms with E-state index in [0.29, 0.717) is 26.2 Å². The van der Waals surface area contributed by atoms with Crippen LogP contribution in [0.3, 0.4) is 0 Å². The maximum atomic E-state index is 13.4. The van der Waals surface area contributed by atoms with Gasteiger partial charge in [-0.2, -0.15) is 0 Å². The predicted octanol–water partition coefficient (Wildman–Crippen LogP) is 2.70. The highest BCUT2D eigenvalue weighted by Gasteiger charge is 2.40. The van der Waals surface area contributed by atoms with Crippen LogP contribution in [0.15, 0.2) is 65.8 Å². The number of carbonyl (C=O) groups excluding carboxylic acids is 2. The molecule has 0 bridgehead atoms. The smallest absolute Gasteiger partial charge is 0.247 e. The molecule has 2 aromatic rings. The minimum atomic E-state index is -1.18. The first-order valence-electron chi connectivity index (χ1n) is 12.6. The number of nitrogens with zero attached hydrogens (tertiary/aromatic N) is 1. The van der Waals surface area contributed by atoms with Crippen LogP contribution in [0.4, 0.5) is 0 Å². The van der Waals surface area contributed by atoms with Crippen LogP contribution in [0.25, 0.3) is 0 Å². The first-order valence-corrected chi connectivity index (χ1v) is 13.7. The van der Waals surface area contributed by atoms with Gasteiger partial charge in [-0.1, -0.05) is 35.9 Å². The molecule has 4 N–H and O–H groups in total. The standard InChI is InChI=1S/C29H35IN2O7/c1-18(2)11-26(35)32(16-19-7-5-4-6-8-19)23-14-21(29(37)31-9-10-33)15-24(27(23)36)39-28-22(30)12-20(17-34)13-25(28)38-3/h4-8,11-13,15,23-24,27,33-34,36H,9-10,14,16-17H2,1-3H3,(H,31,37)/t23-,24+,27+/m1/s1. The summed E-state index contributed by atoms with van der Waals surface area (Å²) >= 11 is 2.06. The second-order valence-corrected chi connectivity index (χ2v) is 10.6. The fourth-order valence-corrected chi connectivity index (χ4v) is 5.16. The first kappa shape index (κ1) is 30.6. The SMILES string of the molecule is COc1cc(CO)cc(I)c1O[C@H]1C=C(C(=O)NCCO)C[C@@H](N(Cc2ccccc2)C(=O)C=C(C)C)[C@@H]1O. The van der Waals surface area contributed by atoms with Crippen molar-refractivity contribution in [3.8, 4) is 11.5 Å². The van der Waals surface area contributed by atoms with Crippen molar-refractivity contribution in [2.45, 2.75) is 51.7 Å². The topological polar surface area (TPSA) is 129 Å². The van der Waals surface area contributed by atoms with Gasteiger partial charge in [0.15, 0.2) is 11.5 Å². The Morgan fingerprint density at radius 2 is 1.87 bits per heavy atom. The zero-order chi connectivity index (χ0) is 28.5. The summed E-state index contributed by atoms with van der Waals surface area (Å²) in [7, 11) is 1.48. The number of hydrogen-bond acceptors (Lipinski definition) is 7. The van der Waals surface area contributed by atoms with E-state index >= 15 is 0 Å². The molecule has 39 heavy (non-hydrogen) atoms. The minimum Gasteiger partial charge on any atom is -0.493 e. The number of aliphatic hydroxyl groups is 3. The molecule has 3 rings (SSSR count). The number of methoxy groups -OCH3 is 1. The van der Waals surface area contributed by atoms with Crippen LogP contribution in [0.5, 0.6) is 11.5 Å². The van der Waals surface area contributed by atoms with Crippen molar-refractivity contribution < 1.29 is 34.4 Å². The van der Waals surface area contributed by atoms with Gasteiger partial charge in [0, 0.05) is 31.2 Å². The van der Waals surface area contributed by atoms with E-state index in [9.17, 15) is 24.9 Å². The minimum absolute atomic E-state index is 0.0632. The summed E-state index contributed by atoms with van der Waals surface area (Å²) in [4.78, 5) is 28.0. The van der Waals surface area contributed by atoms with Crippen molar-refractivity contribution in [2.75, 3.05) is 20.3 Å². The third-order valence-electron chi connectivity index (χ3n) is 6.23. The second kappa shape index (κ2) is 14.5. The van der Waals surface area contributed by atoms with E-state index in [1.54, 1.807) is 23.1 Å². The number of benzene rings is 2. The molecule has 1 aliphatic carbocycles. The number of allylic oxidation sites excluding steroid dienone is 1. The van der Waals surface area contributed by atoms with Gasteiger partial charge in [0.1, 0.15) is 12.2 Å². The Hall–Kier alpha value is -2.93. The molecule has 2 aromatic carbocycles. The predicted molar refractivity (Wildman–Crippen MR) is 155 cm³/mol. The fourth-order valence-electron chi connectivity index (χ4n) is 4.36. The largest absolute Gasteiger partial charge is 0.493 e. The van der Waals surface area contributed by atoms with Crippen LogP contribution in [-0.4, -0.2) is 70.5 Å². The quantitative estimate of drug-likeness (QED) is 0.218. The van der Waals surface area contributed by atoms with Gasteiger partial charge in [-0.15, -0.1) is 0 Å². The molecule has 1 aliphatic rings. The average Bonchev–Trinajstić information content (AvgIpc) is 2.92. The van der Waals surface area contributed by atoms with E-state index in [0.717, 1.165) is 11.1 Å². The van der Waals surface area contributed by atoms with Gasteiger partial charge >= 0.3 is 0 Å². The number of hydrogen-bond donors (Lipinski definition) is 4. The molecule has 0 radical (unpaired) electrons. The van der Waals surface area contributed by atoms with E-state index in [1.165, 1.54) is 13.2 Å². The van der Waals surface area contributed by atoms with Gasteiger partial charge in [0.25, 0.3) is 0 Å². The summed E-state index contributed by atoms with van der Waals surface area (Å²) in [6.07, 6.45) is 0.963. The Balaban J connectivity index is 2.05. The summed E-state index contributed by atoms with van der Waals surface area (Å²) in [5, 5.41) is 33.1. The van der Waals surface area contributed by atoms with Gasteiger partial charge in [0.05, 0.1) is 29.9 Å². The summed E-state index contributed by atoms with van der Waals surface area (Å²) in [5.74, 6) is -0.00221. The molecular formula is C29H35IN2O7. The van der Waals surface area contributed by atoms with Crippen LogP contribution in [0, 0.1) is 3.57 Å². The number of amides is 2. The van der Waals surface area contributed by atoms with E-state index in [-0.39, 0.29) is 38.6 Å². The van der Waals surface area contributed by atoms with Crippen molar-refractivity contribution >= 4 is 34.4 Å². The lowest BCUT2D eigenvalue weighted by atomic mass is 9.87. The van der Waals surface area contributed by atoms with Crippen LogP contribution < -0.4 is 14.8 Å². The van der Waals surface area contributed by atoms with Crippen molar-refractivity contribution in [2.24, 2.45) is 0 Å². The van der Waals surface area contributed by atoms with Crippen LogP contribution >= 0.6 is 22.6 Å². The summed E-state index contributed by atoms with van der Waals surface area (Å²) in [6, 6.07) is 12.0. The van der Waals surface area contributed by atoms with Crippen molar-refractivity contribution in [1.82, 2.24) is 10.2 Å². The maximum absolute atomic E-state index is 13.4. The Morgan fingerprint density at radius 3 is 2.49 bits per heavy atom. The fraction of sp³-hybridized carbons (Fsp3) is 0.379. The van der Waals surface area contributed by atoms with Crippen LogP contribution in [0.2, 0.25) is 0 Å². The molecule has 210 valence electrons. The third-order valence-corrected chi connectivity index (χ3v) is 7.03. The number of ether oxygens (including phenoxy) is 2. The molecule has 0 unspecified atom stereocenters. The lowest BCUT2D eigenvalue weighted by molar-refractivity contribution is -0.134. The number of aliphatic hydroxyl groups excluding tert-OH is 3. The molecule has 9 nitrogen and oxygen atoms in total. The van der Waals surface area contributed by atoms with Crippen LogP contribution in [-0.2, 0) is 22.7 Å². The maximum Gasteiger partial charge on any atom is 0.247 e. The van der Waals surface area contributed by atoms with E-state index in [4.69, 9.17) is 9.47 Å². The lowest BCUT2D eigenvalue weighted by Gasteiger charge is -2.40. The molecule has 0 aliphatic heterocycles. The monoisotopic (exact) mass is 650 g/mol. The van der Waals surface area contributed by atoms with E-state index in [2.05, 4.69) is 27.9 Å². The lowest BCUT2D eigenvalue weighted by Crippen LogP contribution is -2.54. The van der Waals surface area contributed by atoms with Gasteiger partial charge in [0.2, 0.25) is 11.8 Å². The van der Waals surface area contributed by atoms with Crippen molar-refractivity contribution in [1.29, 1.82) is 0 Å². The normalized spacial score (nSPS) is 18.5. The zero-order valence-corrected chi connectivity index (χ0v) is 24.4. The summed E-state index contributed by atoms with van der Waals surface area (Å²) in [6.45, 7) is 3.51. The summed E-state index contributed by atoms with van der Waals surface area (Å²) in [5.41, 5.74) is 2.63. The molecule has 0 heterocycles. The number of rotatable bonds is 11. The molecule has 0 aromatic heterocycles. The Morgan fingerprint density at radius 1 is 1.15 bits per heavy atom. The molecule has 0 saturated heterocycles. The summed E-state index contributed by atoms with van der Waals surface area (Å²) < 4.78 is 12.4. The Labute approximate surface area is 242 Å². The highest BCUT2D eigenvalue weighted by molar-refractivity contribution is 14.1. The Bertz CT molecular complexity index is 1210. The number of carbonyl (C=O) groups is 2. The molecule has 3 atom stereocenters. The molecular weight excluding hydrogens is 615 g/mol. The van der Waals surface area contributed by atoms with Gasteiger partial charge in [-0.3, -0.25) is 9.59 Å². The third kappa shape index (κ3) is 8.04. The van der Waals surface area contributed by atoms with Gasteiger partial charge in [-0.25, -0.2) is 0 Å². The molecule has 10 heteroatoms. The number of nitrogens with one attached hydrogen (secondary N) is 1. The first-order chi connectivity index (χ1) is 18.7. The van der Waals surface area contributed by atoms with E-state index < -0.39 is 24.2 Å². The molecule has 0 saturated carbocycles. The zero-order valence-electron chi connectivity index (χ0n) is 22.3. The van der Waals surface area contributed by atoms with Crippen LogP contribution in [0.1, 0.15) is 31.4 Å². The van der Waals surface area contributed by atoms with Gasteiger partial charge in [-0.05, 0) is 65.8 Å². The highest BCUT2D eigenvalue weighted by Crippen LogP contribution is 2.37. The molecule has 0 spiro atoms. The molecule has 2 amide bonds. The van der Waals surface area contributed by atoms with E-state index in [1.807, 2.05) is 44.2 Å². The second-order valence-electron chi connectivity index (χ2n) is 9.46. The highest BCUT2D eigenvalue weighted by atomic mass is 127. The van der Waals surface area contributed by atoms with Gasteiger partial charge < -0.3 is 35.0 Å². The average molecular weight is 651 g/mol. The number of halogens is 1. The van der Waals surface area contributed by atoms with Crippen molar-refractivity contribution in [3.63, 3.8) is 0 Å². The molecule has 0 fully saturated rings. The van der Waals surface area contributed by atoms with Crippen molar-refractivity contribution in [3.05, 3.63) is 80.5 Å². The Kier molecular flexibility index (Phi) is 11.3.